The quantitative estimate of drug-likeness (QED) is 0.796. The van der Waals surface area contributed by atoms with Crippen LogP contribution in [-0.4, -0.2) is 65.9 Å². The van der Waals surface area contributed by atoms with Gasteiger partial charge in [-0.2, -0.15) is 0 Å². The van der Waals surface area contributed by atoms with Gasteiger partial charge in [0, 0.05) is 52.5 Å². The first-order valence-corrected chi connectivity index (χ1v) is 8.82. The third-order valence-electron chi connectivity index (χ3n) is 3.52. The first-order chi connectivity index (χ1) is 9.96. The maximum Gasteiger partial charge on any atom is 0.233 e. The molecule has 0 spiro atoms. The Kier molecular flexibility index (Phi) is 5.44. The molecule has 1 heterocycles. The average Bonchev–Trinajstić information content (AvgIpc) is 2.46. The lowest BCUT2D eigenvalue weighted by Crippen LogP contribution is -2.45. The van der Waals surface area contributed by atoms with Crippen LogP contribution in [0.15, 0.2) is 24.3 Å². The number of nitrogens with zero attached hydrogens (tertiary/aromatic N) is 2. The molecule has 0 bridgehead atoms. The molecule has 118 valence electrons. The van der Waals surface area contributed by atoms with E-state index in [1.165, 1.54) is 0 Å². The van der Waals surface area contributed by atoms with Crippen LogP contribution >= 0.6 is 0 Å². The molecule has 2 N–H and O–H groups in total. The average molecular weight is 312 g/mol. The zero-order valence-corrected chi connectivity index (χ0v) is 13.5. The molecule has 1 aromatic rings. The summed E-state index contributed by atoms with van der Waals surface area (Å²) in [5.74, 6) is 0.124. The van der Waals surface area contributed by atoms with Gasteiger partial charge in [-0.25, -0.2) is 8.42 Å². The fourth-order valence-corrected chi connectivity index (χ4v) is 3.35. The molecule has 1 aliphatic heterocycles. The number of hydrogen-bond acceptors (Lipinski definition) is 5. The van der Waals surface area contributed by atoms with E-state index in [2.05, 4.69) is 14.9 Å². The lowest BCUT2D eigenvalue weighted by molar-refractivity contribution is 0.254. The van der Waals surface area contributed by atoms with Gasteiger partial charge in [-0.05, 0) is 18.2 Å². The van der Waals surface area contributed by atoms with Crippen molar-refractivity contribution in [3.8, 4) is 0 Å². The Hall–Kier alpha value is -1.31. The van der Waals surface area contributed by atoms with Crippen molar-refractivity contribution in [2.24, 2.45) is 0 Å². The van der Waals surface area contributed by atoms with Gasteiger partial charge in [-0.3, -0.25) is 9.62 Å². The number of rotatable bonds is 6. The van der Waals surface area contributed by atoms with Crippen LogP contribution in [0, 0.1) is 0 Å². The Morgan fingerprint density at radius 1 is 1.29 bits per heavy atom. The van der Waals surface area contributed by atoms with Crippen molar-refractivity contribution >= 4 is 21.4 Å². The summed E-state index contributed by atoms with van der Waals surface area (Å²) in [7, 11) is 0.550. The zero-order valence-electron chi connectivity index (χ0n) is 12.7. The molecule has 1 aromatic carbocycles. The van der Waals surface area contributed by atoms with Gasteiger partial charge < -0.3 is 10.2 Å². The fraction of sp³-hybridized carbons (Fsp3) is 0.571. The van der Waals surface area contributed by atoms with Gasteiger partial charge in [0.2, 0.25) is 10.0 Å². The number of nitrogens with one attached hydrogen (secondary N) is 2. The summed E-state index contributed by atoms with van der Waals surface area (Å²) in [6.45, 7) is 4.25. The van der Waals surface area contributed by atoms with Crippen LogP contribution in [0.3, 0.4) is 0 Å². The molecule has 0 atom stereocenters. The van der Waals surface area contributed by atoms with Crippen molar-refractivity contribution in [3.05, 3.63) is 24.3 Å². The normalized spacial score (nSPS) is 16.7. The Bertz CT molecular complexity index is 554. The first kappa shape index (κ1) is 16.1. The van der Waals surface area contributed by atoms with Crippen LogP contribution in [0.5, 0.6) is 0 Å². The minimum Gasteiger partial charge on any atom is -0.378 e. The van der Waals surface area contributed by atoms with E-state index in [1.807, 2.05) is 37.2 Å². The predicted octanol–water partition coefficient (Wildman–Crippen LogP) is 0.400. The Labute approximate surface area is 127 Å². The Morgan fingerprint density at radius 2 is 2.00 bits per heavy atom. The highest BCUT2D eigenvalue weighted by atomic mass is 32.2. The largest absolute Gasteiger partial charge is 0.378 e. The van der Waals surface area contributed by atoms with Gasteiger partial charge in [0.1, 0.15) is 0 Å². The molecule has 0 aliphatic carbocycles. The third kappa shape index (κ3) is 5.18. The summed E-state index contributed by atoms with van der Waals surface area (Å²) in [5, 5.41) is 3.26. The van der Waals surface area contributed by atoms with Crippen LogP contribution in [0.25, 0.3) is 0 Å². The second-order valence-electron chi connectivity index (χ2n) is 5.46. The highest BCUT2D eigenvalue weighted by Crippen LogP contribution is 2.18. The zero-order chi connectivity index (χ0) is 15.3. The fourth-order valence-electron chi connectivity index (χ4n) is 2.26. The van der Waals surface area contributed by atoms with Gasteiger partial charge in [-0.15, -0.1) is 0 Å². The van der Waals surface area contributed by atoms with Crippen molar-refractivity contribution in [2.75, 3.05) is 62.2 Å². The standard InChI is InChI=1S/C14H24N4O2S/c1-17(2)14-5-3-4-13(12-14)16-21(19,20)11-10-18-8-6-15-7-9-18/h3-5,12,15-16H,6-11H2,1-2H3. The van der Waals surface area contributed by atoms with Crippen molar-refractivity contribution in [3.63, 3.8) is 0 Å². The van der Waals surface area contributed by atoms with Crippen molar-refractivity contribution in [1.82, 2.24) is 10.2 Å². The molecule has 7 heteroatoms. The molecule has 0 aromatic heterocycles. The molecule has 1 saturated heterocycles. The second-order valence-corrected chi connectivity index (χ2v) is 7.30. The summed E-state index contributed by atoms with van der Waals surface area (Å²) in [6, 6.07) is 7.40. The van der Waals surface area contributed by atoms with Crippen LogP contribution < -0.4 is 14.9 Å². The lowest BCUT2D eigenvalue weighted by atomic mass is 10.3. The lowest BCUT2D eigenvalue weighted by Gasteiger charge is -2.26. The Balaban J connectivity index is 1.92. The summed E-state index contributed by atoms with van der Waals surface area (Å²) in [4.78, 5) is 4.12. The minimum absolute atomic E-state index is 0.124. The molecule has 1 aliphatic rings. The van der Waals surface area contributed by atoms with Crippen molar-refractivity contribution < 1.29 is 8.42 Å². The molecule has 21 heavy (non-hydrogen) atoms. The number of sulfonamides is 1. The molecular weight excluding hydrogens is 288 g/mol. The maximum atomic E-state index is 12.2. The van der Waals surface area contributed by atoms with E-state index in [4.69, 9.17) is 0 Å². The molecule has 0 saturated carbocycles. The number of piperazine rings is 1. The molecule has 1 fully saturated rings. The summed E-state index contributed by atoms with van der Waals surface area (Å²) >= 11 is 0. The Morgan fingerprint density at radius 3 is 2.67 bits per heavy atom. The molecule has 0 unspecified atom stereocenters. The highest BCUT2D eigenvalue weighted by Gasteiger charge is 2.15. The van der Waals surface area contributed by atoms with Crippen LogP contribution in [0.1, 0.15) is 0 Å². The van der Waals surface area contributed by atoms with Crippen LogP contribution in [0.2, 0.25) is 0 Å². The molecule has 2 rings (SSSR count). The van der Waals surface area contributed by atoms with Gasteiger partial charge in [-0.1, -0.05) is 6.07 Å². The van der Waals surface area contributed by atoms with Gasteiger partial charge in [0.05, 0.1) is 11.4 Å². The molecule has 0 amide bonds. The molecule has 0 radical (unpaired) electrons. The summed E-state index contributed by atoms with van der Waals surface area (Å²) < 4.78 is 27.0. The molecular formula is C14H24N4O2S. The van der Waals surface area contributed by atoms with E-state index in [0.717, 1.165) is 31.9 Å². The maximum absolute atomic E-state index is 12.2. The predicted molar refractivity (Wildman–Crippen MR) is 87.5 cm³/mol. The second kappa shape index (κ2) is 7.11. The van der Waals surface area contributed by atoms with Crippen molar-refractivity contribution in [1.29, 1.82) is 0 Å². The monoisotopic (exact) mass is 312 g/mol. The van der Waals surface area contributed by atoms with Gasteiger partial charge in [0.15, 0.2) is 0 Å². The van der Waals surface area contributed by atoms with E-state index in [0.29, 0.717) is 12.2 Å². The summed E-state index contributed by atoms with van der Waals surface area (Å²) in [6.07, 6.45) is 0. The smallest absolute Gasteiger partial charge is 0.233 e. The van der Waals surface area contributed by atoms with E-state index in [9.17, 15) is 8.42 Å². The number of hydrogen-bond donors (Lipinski definition) is 2. The van der Waals surface area contributed by atoms with E-state index >= 15 is 0 Å². The first-order valence-electron chi connectivity index (χ1n) is 7.17. The van der Waals surface area contributed by atoms with Gasteiger partial charge >= 0.3 is 0 Å². The topological polar surface area (TPSA) is 64.7 Å². The van der Waals surface area contributed by atoms with Crippen molar-refractivity contribution in [2.45, 2.75) is 0 Å². The highest BCUT2D eigenvalue weighted by molar-refractivity contribution is 7.92. The van der Waals surface area contributed by atoms with Crippen LogP contribution in [-0.2, 0) is 10.0 Å². The van der Waals surface area contributed by atoms with E-state index < -0.39 is 10.0 Å². The minimum atomic E-state index is -3.31. The summed E-state index contributed by atoms with van der Waals surface area (Å²) in [5.41, 5.74) is 1.58. The van der Waals surface area contributed by atoms with Crippen LogP contribution in [0.4, 0.5) is 11.4 Å². The third-order valence-corrected chi connectivity index (χ3v) is 4.79. The SMILES string of the molecule is CN(C)c1cccc(NS(=O)(=O)CCN2CCNCC2)c1. The van der Waals surface area contributed by atoms with Gasteiger partial charge in [0.25, 0.3) is 0 Å². The van der Waals surface area contributed by atoms with E-state index in [1.54, 1.807) is 6.07 Å². The molecule has 6 nitrogen and oxygen atoms in total. The number of benzene rings is 1. The number of anilines is 2. The van der Waals surface area contributed by atoms with E-state index in [-0.39, 0.29) is 5.75 Å².